The number of carbonyl (C=O) groups is 3. The van der Waals surface area contributed by atoms with Gasteiger partial charge in [0.2, 0.25) is 0 Å². The summed E-state index contributed by atoms with van der Waals surface area (Å²) in [4.78, 5) is 33.7. The largest absolute Gasteiger partial charge is 0.467 e. The maximum atomic E-state index is 11.7. The summed E-state index contributed by atoms with van der Waals surface area (Å²) in [5, 5.41) is 0. The highest BCUT2D eigenvalue weighted by molar-refractivity contribution is 5.75. The Morgan fingerprint density at radius 3 is 1.52 bits per heavy atom. The molecule has 0 radical (unpaired) electrons. The average molecular weight is 302 g/mol. The molecule has 0 aliphatic heterocycles. The third-order valence-corrected chi connectivity index (χ3v) is 2.52. The molecule has 0 aromatic rings. The average Bonchev–Trinajstić information content (AvgIpc) is 2.34. The van der Waals surface area contributed by atoms with Crippen molar-refractivity contribution in [3.05, 3.63) is 0 Å². The van der Waals surface area contributed by atoms with Crippen molar-refractivity contribution in [2.75, 3.05) is 19.8 Å². The molecule has 122 valence electrons. The number of hydrogen-bond acceptors (Lipinski definition) is 6. The molecular formula is C15H26O6. The van der Waals surface area contributed by atoms with Gasteiger partial charge in [0.25, 0.3) is 6.47 Å². The molecule has 0 atom stereocenters. The van der Waals surface area contributed by atoms with Crippen LogP contribution in [0.15, 0.2) is 0 Å². The van der Waals surface area contributed by atoms with Crippen LogP contribution in [0.5, 0.6) is 0 Å². The van der Waals surface area contributed by atoms with E-state index in [4.69, 9.17) is 9.47 Å². The fourth-order valence-corrected chi connectivity index (χ4v) is 1.14. The van der Waals surface area contributed by atoms with Gasteiger partial charge in [-0.25, -0.2) is 0 Å². The van der Waals surface area contributed by atoms with E-state index in [0.29, 0.717) is 6.47 Å². The molecule has 0 fully saturated rings. The van der Waals surface area contributed by atoms with E-state index in [0.717, 1.165) is 0 Å². The van der Waals surface area contributed by atoms with Crippen molar-refractivity contribution in [1.82, 2.24) is 0 Å². The van der Waals surface area contributed by atoms with Gasteiger partial charge in [-0.15, -0.1) is 0 Å². The number of ether oxygens (including phenoxy) is 3. The van der Waals surface area contributed by atoms with Gasteiger partial charge in [0.15, 0.2) is 0 Å². The molecule has 0 aromatic heterocycles. The Balaban J connectivity index is 4.43. The normalized spacial score (nSPS) is 12.0. The van der Waals surface area contributed by atoms with Crippen LogP contribution < -0.4 is 0 Å². The number of esters is 2. The first-order valence-corrected chi connectivity index (χ1v) is 6.88. The van der Waals surface area contributed by atoms with Crippen LogP contribution in [0.4, 0.5) is 0 Å². The minimum absolute atomic E-state index is 0.0261. The summed E-state index contributed by atoms with van der Waals surface area (Å²) in [5.74, 6) is -1.10. The molecule has 0 aromatic carbocycles. The second-order valence-electron chi connectivity index (χ2n) is 6.99. The van der Waals surface area contributed by atoms with Crippen LogP contribution in [0.25, 0.3) is 0 Å². The van der Waals surface area contributed by atoms with Crippen molar-refractivity contribution in [3.63, 3.8) is 0 Å². The van der Waals surface area contributed by atoms with Crippen LogP contribution in [0.3, 0.4) is 0 Å². The Morgan fingerprint density at radius 2 is 1.24 bits per heavy atom. The molecule has 0 saturated heterocycles. The molecule has 0 bridgehead atoms. The van der Waals surface area contributed by atoms with Crippen LogP contribution in [0.2, 0.25) is 0 Å². The molecule has 0 spiro atoms. The molecule has 0 saturated carbocycles. The van der Waals surface area contributed by atoms with Gasteiger partial charge in [-0.2, -0.15) is 0 Å². The molecule has 0 heterocycles. The molecule has 0 aliphatic rings. The van der Waals surface area contributed by atoms with Crippen molar-refractivity contribution in [1.29, 1.82) is 0 Å². The molecule has 6 nitrogen and oxygen atoms in total. The predicted octanol–water partition coefficient (Wildman–Crippen LogP) is 1.95. The van der Waals surface area contributed by atoms with E-state index < -0.39 is 10.8 Å². The molecule has 0 unspecified atom stereocenters. The second kappa shape index (κ2) is 8.00. The van der Waals surface area contributed by atoms with Gasteiger partial charge >= 0.3 is 11.9 Å². The molecule has 0 aliphatic carbocycles. The van der Waals surface area contributed by atoms with E-state index in [2.05, 4.69) is 4.74 Å². The first-order valence-electron chi connectivity index (χ1n) is 6.88. The fraction of sp³-hybridized carbons (Fsp3) is 0.800. The van der Waals surface area contributed by atoms with Gasteiger partial charge in [-0.1, -0.05) is 0 Å². The van der Waals surface area contributed by atoms with E-state index >= 15 is 0 Å². The van der Waals surface area contributed by atoms with E-state index in [-0.39, 0.29) is 37.7 Å². The first kappa shape index (κ1) is 19.4. The quantitative estimate of drug-likeness (QED) is 0.406. The van der Waals surface area contributed by atoms with Crippen LogP contribution in [-0.2, 0) is 28.6 Å². The number of rotatable bonds is 7. The van der Waals surface area contributed by atoms with Gasteiger partial charge in [0, 0.05) is 0 Å². The Hall–Kier alpha value is -1.59. The zero-order valence-electron chi connectivity index (χ0n) is 13.7. The predicted molar refractivity (Wildman–Crippen MR) is 76.3 cm³/mol. The van der Waals surface area contributed by atoms with Crippen LogP contribution in [-0.4, -0.2) is 38.2 Å². The molecule has 6 heteroatoms. The zero-order chi connectivity index (χ0) is 16.7. The van der Waals surface area contributed by atoms with Gasteiger partial charge in [0.05, 0.1) is 16.7 Å². The van der Waals surface area contributed by atoms with Gasteiger partial charge < -0.3 is 14.2 Å². The standard InChI is InChI=1S/C15H26O6/c1-14(2,3)12(17)20-8-11(7-19-10-16)9-21-13(18)15(4,5)6/h10-11H,7-9H2,1-6H3. The van der Waals surface area contributed by atoms with Gasteiger partial charge in [-0.3, -0.25) is 14.4 Å². The fourth-order valence-electron chi connectivity index (χ4n) is 1.14. The smallest absolute Gasteiger partial charge is 0.311 e. The lowest BCUT2D eigenvalue weighted by molar-refractivity contribution is -0.160. The molecule has 0 rings (SSSR count). The van der Waals surface area contributed by atoms with E-state index in [1.165, 1.54) is 0 Å². The topological polar surface area (TPSA) is 78.9 Å². The van der Waals surface area contributed by atoms with E-state index in [1.807, 2.05) is 0 Å². The van der Waals surface area contributed by atoms with Crippen LogP contribution in [0, 0.1) is 16.7 Å². The van der Waals surface area contributed by atoms with Gasteiger partial charge in [0.1, 0.15) is 19.8 Å². The molecule has 0 N–H and O–H groups in total. The summed E-state index contributed by atoms with van der Waals surface area (Å²) in [7, 11) is 0. The summed E-state index contributed by atoms with van der Waals surface area (Å²) in [5.41, 5.74) is -1.23. The maximum absolute atomic E-state index is 11.7. The second-order valence-corrected chi connectivity index (χ2v) is 6.99. The summed E-state index contributed by atoms with van der Waals surface area (Å²) in [6, 6.07) is 0. The summed E-state index contributed by atoms with van der Waals surface area (Å²) < 4.78 is 15.0. The lowest BCUT2D eigenvalue weighted by Crippen LogP contribution is -2.31. The Bertz CT molecular complexity index is 331. The van der Waals surface area contributed by atoms with Crippen molar-refractivity contribution >= 4 is 18.4 Å². The van der Waals surface area contributed by atoms with Crippen molar-refractivity contribution in [2.45, 2.75) is 41.5 Å². The zero-order valence-corrected chi connectivity index (χ0v) is 13.7. The number of carbonyl (C=O) groups excluding carboxylic acids is 3. The van der Waals surface area contributed by atoms with E-state index in [9.17, 15) is 14.4 Å². The molecule has 21 heavy (non-hydrogen) atoms. The lowest BCUT2D eigenvalue weighted by Gasteiger charge is -2.22. The summed E-state index contributed by atoms with van der Waals surface area (Å²) >= 11 is 0. The lowest BCUT2D eigenvalue weighted by atomic mass is 9.97. The van der Waals surface area contributed by atoms with Crippen molar-refractivity contribution < 1.29 is 28.6 Å². The number of hydrogen-bond donors (Lipinski definition) is 0. The monoisotopic (exact) mass is 302 g/mol. The SMILES string of the molecule is CC(C)(C)C(=O)OCC(COC=O)COC(=O)C(C)(C)C. The Morgan fingerprint density at radius 1 is 0.857 bits per heavy atom. The highest BCUT2D eigenvalue weighted by Gasteiger charge is 2.27. The van der Waals surface area contributed by atoms with E-state index in [1.54, 1.807) is 41.5 Å². The minimum Gasteiger partial charge on any atom is -0.467 e. The minimum atomic E-state index is -0.613. The highest BCUT2D eigenvalue weighted by atomic mass is 16.6. The van der Waals surface area contributed by atoms with Crippen LogP contribution in [0.1, 0.15) is 41.5 Å². The van der Waals surface area contributed by atoms with Crippen molar-refractivity contribution in [3.8, 4) is 0 Å². The summed E-state index contributed by atoms with van der Waals surface area (Å²) in [6.45, 7) is 10.8. The van der Waals surface area contributed by atoms with Crippen LogP contribution >= 0.6 is 0 Å². The van der Waals surface area contributed by atoms with Crippen molar-refractivity contribution in [2.24, 2.45) is 16.7 Å². The first-order chi connectivity index (χ1) is 9.48. The summed E-state index contributed by atoms with van der Waals surface area (Å²) in [6.07, 6.45) is 0. The Labute approximate surface area is 126 Å². The molecular weight excluding hydrogens is 276 g/mol. The third-order valence-electron chi connectivity index (χ3n) is 2.52. The Kier molecular flexibility index (Phi) is 7.39. The highest BCUT2D eigenvalue weighted by Crippen LogP contribution is 2.18. The third kappa shape index (κ3) is 8.32. The van der Waals surface area contributed by atoms with Gasteiger partial charge in [-0.05, 0) is 41.5 Å². The maximum Gasteiger partial charge on any atom is 0.311 e. The molecule has 0 amide bonds.